The maximum Gasteiger partial charge on any atom is 0.118 e. The normalized spacial score (nSPS) is 24.2. The molecular formula is C19H30N2O2. The Bertz CT molecular complexity index is 471. The lowest BCUT2D eigenvalue weighted by Gasteiger charge is -2.44. The maximum atomic E-state index is 9.45. The summed E-state index contributed by atoms with van der Waals surface area (Å²) in [6, 6.07) is 9.65. The average Bonchev–Trinajstić information content (AvgIpc) is 3.10. The minimum Gasteiger partial charge on any atom is -0.497 e. The van der Waals surface area contributed by atoms with Crippen molar-refractivity contribution in [1.29, 1.82) is 0 Å². The Labute approximate surface area is 140 Å². The van der Waals surface area contributed by atoms with Crippen molar-refractivity contribution in [2.75, 3.05) is 33.4 Å². The molecule has 1 aliphatic heterocycles. The minimum atomic E-state index is 0.296. The number of methoxy groups -OCH3 is 1. The first-order valence-electron chi connectivity index (χ1n) is 9.02. The molecule has 1 atom stereocenters. The fourth-order valence-electron chi connectivity index (χ4n) is 4.19. The number of ether oxygens (including phenoxy) is 1. The first-order valence-corrected chi connectivity index (χ1v) is 9.02. The zero-order chi connectivity index (χ0) is 16.1. The number of piperazine rings is 1. The van der Waals surface area contributed by atoms with Gasteiger partial charge in [0.25, 0.3) is 0 Å². The molecule has 1 heterocycles. The predicted octanol–water partition coefficient (Wildman–Crippen LogP) is 2.51. The van der Waals surface area contributed by atoms with Crippen LogP contribution in [0.2, 0.25) is 0 Å². The lowest BCUT2D eigenvalue weighted by Crippen LogP contribution is -2.55. The summed E-state index contributed by atoms with van der Waals surface area (Å²) in [7, 11) is 1.71. The molecule has 4 heteroatoms. The molecule has 2 fully saturated rings. The van der Waals surface area contributed by atoms with Gasteiger partial charge in [-0.25, -0.2) is 0 Å². The summed E-state index contributed by atoms with van der Waals surface area (Å²) in [4.78, 5) is 5.22. The van der Waals surface area contributed by atoms with Gasteiger partial charge in [-0.1, -0.05) is 25.0 Å². The summed E-state index contributed by atoms with van der Waals surface area (Å²) < 4.78 is 5.23. The lowest BCUT2D eigenvalue weighted by atomic mass is 10.0. The van der Waals surface area contributed by atoms with Crippen LogP contribution in [0.4, 0.5) is 0 Å². The minimum absolute atomic E-state index is 0.296. The molecule has 0 aromatic heterocycles. The predicted molar refractivity (Wildman–Crippen MR) is 92.7 cm³/mol. The third-order valence-electron chi connectivity index (χ3n) is 5.43. The van der Waals surface area contributed by atoms with E-state index in [0.29, 0.717) is 12.6 Å². The van der Waals surface area contributed by atoms with Crippen molar-refractivity contribution in [3.63, 3.8) is 0 Å². The molecule has 0 spiro atoms. The van der Waals surface area contributed by atoms with Gasteiger partial charge in [-0.15, -0.1) is 0 Å². The molecule has 1 unspecified atom stereocenters. The topological polar surface area (TPSA) is 35.9 Å². The summed E-state index contributed by atoms with van der Waals surface area (Å²) in [6.45, 7) is 4.63. The van der Waals surface area contributed by atoms with E-state index in [1.807, 2.05) is 12.1 Å². The van der Waals surface area contributed by atoms with Crippen LogP contribution in [0.15, 0.2) is 24.3 Å². The van der Waals surface area contributed by atoms with E-state index < -0.39 is 0 Å². The zero-order valence-electron chi connectivity index (χ0n) is 14.3. The Morgan fingerprint density at radius 3 is 2.52 bits per heavy atom. The van der Waals surface area contributed by atoms with E-state index >= 15 is 0 Å². The summed E-state index contributed by atoms with van der Waals surface area (Å²) in [5.41, 5.74) is 1.34. The van der Waals surface area contributed by atoms with Crippen molar-refractivity contribution in [1.82, 2.24) is 9.80 Å². The van der Waals surface area contributed by atoms with Crippen molar-refractivity contribution < 1.29 is 9.84 Å². The van der Waals surface area contributed by atoms with Crippen LogP contribution in [0, 0.1) is 0 Å². The first-order chi connectivity index (χ1) is 11.3. The second kappa shape index (κ2) is 8.13. The van der Waals surface area contributed by atoms with E-state index in [2.05, 4.69) is 21.9 Å². The summed E-state index contributed by atoms with van der Waals surface area (Å²) in [5, 5.41) is 9.45. The molecule has 0 amide bonds. The van der Waals surface area contributed by atoms with Crippen LogP contribution in [0.25, 0.3) is 0 Å². The van der Waals surface area contributed by atoms with Crippen molar-refractivity contribution >= 4 is 0 Å². The van der Waals surface area contributed by atoms with Gasteiger partial charge in [0.05, 0.1) is 7.11 Å². The molecule has 1 saturated heterocycles. The van der Waals surface area contributed by atoms with Crippen molar-refractivity contribution in [3.8, 4) is 5.75 Å². The quantitative estimate of drug-likeness (QED) is 0.874. The zero-order valence-corrected chi connectivity index (χ0v) is 14.3. The highest BCUT2D eigenvalue weighted by Crippen LogP contribution is 2.28. The SMILES string of the molecule is COc1ccc(CN2CCN(C3CCCC3)C(CCO)C2)cc1. The number of rotatable bonds is 6. The Hall–Kier alpha value is -1.10. The monoisotopic (exact) mass is 318 g/mol. The van der Waals surface area contributed by atoms with E-state index in [0.717, 1.165) is 44.4 Å². The van der Waals surface area contributed by atoms with Crippen molar-refractivity contribution in [2.24, 2.45) is 0 Å². The van der Waals surface area contributed by atoms with E-state index in [1.54, 1.807) is 7.11 Å². The second-order valence-electron chi connectivity index (χ2n) is 6.93. The number of aliphatic hydroxyl groups excluding tert-OH is 1. The molecule has 23 heavy (non-hydrogen) atoms. The molecule has 0 bridgehead atoms. The number of aliphatic hydroxyl groups is 1. The lowest BCUT2D eigenvalue weighted by molar-refractivity contribution is 0.0267. The highest BCUT2D eigenvalue weighted by molar-refractivity contribution is 5.27. The van der Waals surface area contributed by atoms with Gasteiger partial charge in [0, 0.05) is 44.9 Å². The van der Waals surface area contributed by atoms with Crippen LogP contribution in [-0.4, -0.2) is 60.3 Å². The number of hydrogen-bond acceptors (Lipinski definition) is 4. The van der Waals surface area contributed by atoms with E-state index in [-0.39, 0.29) is 0 Å². The number of benzene rings is 1. The summed E-state index contributed by atoms with van der Waals surface area (Å²) in [5.74, 6) is 0.915. The van der Waals surface area contributed by atoms with Crippen LogP contribution in [0.5, 0.6) is 5.75 Å². The first kappa shape index (κ1) is 16.7. The third kappa shape index (κ3) is 4.25. The van der Waals surface area contributed by atoms with Crippen LogP contribution in [0.1, 0.15) is 37.7 Å². The fourth-order valence-corrected chi connectivity index (χ4v) is 4.19. The molecular weight excluding hydrogens is 288 g/mol. The molecule has 2 aliphatic rings. The van der Waals surface area contributed by atoms with E-state index in [1.165, 1.54) is 31.2 Å². The van der Waals surface area contributed by atoms with Crippen molar-refractivity contribution in [2.45, 2.75) is 50.7 Å². The van der Waals surface area contributed by atoms with Crippen LogP contribution in [0.3, 0.4) is 0 Å². The molecule has 0 radical (unpaired) electrons. The Balaban J connectivity index is 1.59. The van der Waals surface area contributed by atoms with Gasteiger partial charge in [0.15, 0.2) is 0 Å². The average molecular weight is 318 g/mol. The van der Waals surface area contributed by atoms with E-state index in [4.69, 9.17) is 4.74 Å². The van der Waals surface area contributed by atoms with Gasteiger partial charge >= 0.3 is 0 Å². The Morgan fingerprint density at radius 1 is 1.13 bits per heavy atom. The summed E-state index contributed by atoms with van der Waals surface area (Å²) >= 11 is 0. The molecule has 3 rings (SSSR count). The van der Waals surface area contributed by atoms with Gasteiger partial charge in [-0.3, -0.25) is 9.80 Å². The van der Waals surface area contributed by atoms with Gasteiger partial charge in [0.1, 0.15) is 5.75 Å². The highest BCUT2D eigenvalue weighted by Gasteiger charge is 2.32. The van der Waals surface area contributed by atoms with Gasteiger partial charge in [-0.05, 0) is 37.0 Å². The molecule has 1 aromatic carbocycles. The highest BCUT2D eigenvalue weighted by atomic mass is 16.5. The smallest absolute Gasteiger partial charge is 0.118 e. The number of hydrogen-bond donors (Lipinski definition) is 1. The van der Waals surface area contributed by atoms with Crippen LogP contribution in [-0.2, 0) is 6.54 Å². The molecule has 1 saturated carbocycles. The third-order valence-corrected chi connectivity index (χ3v) is 5.43. The molecule has 1 aliphatic carbocycles. The van der Waals surface area contributed by atoms with Gasteiger partial charge in [0.2, 0.25) is 0 Å². The molecule has 1 N–H and O–H groups in total. The molecule has 128 valence electrons. The fraction of sp³-hybridized carbons (Fsp3) is 0.684. The van der Waals surface area contributed by atoms with Crippen molar-refractivity contribution in [3.05, 3.63) is 29.8 Å². The van der Waals surface area contributed by atoms with Gasteiger partial charge < -0.3 is 9.84 Å². The summed E-state index contributed by atoms with van der Waals surface area (Å²) in [6.07, 6.45) is 6.35. The maximum absolute atomic E-state index is 9.45. The Morgan fingerprint density at radius 2 is 1.87 bits per heavy atom. The molecule has 1 aromatic rings. The molecule has 4 nitrogen and oxygen atoms in total. The Kier molecular flexibility index (Phi) is 5.92. The standard InChI is InChI=1S/C19H30N2O2/c1-23-19-8-6-16(7-9-19)14-20-11-12-21(17-4-2-3-5-17)18(15-20)10-13-22/h6-9,17-18,22H,2-5,10-15H2,1H3. The van der Waals surface area contributed by atoms with Gasteiger partial charge in [-0.2, -0.15) is 0 Å². The second-order valence-corrected chi connectivity index (χ2v) is 6.93. The van der Waals surface area contributed by atoms with Crippen LogP contribution < -0.4 is 4.74 Å². The number of nitrogens with zero attached hydrogens (tertiary/aromatic N) is 2. The van der Waals surface area contributed by atoms with E-state index in [9.17, 15) is 5.11 Å². The largest absolute Gasteiger partial charge is 0.497 e. The van der Waals surface area contributed by atoms with Crippen LogP contribution >= 0.6 is 0 Å².